The predicted molar refractivity (Wildman–Crippen MR) is 66.3 cm³/mol. The van der Waals surface area contributed by atoms with Gasteiger partial charge in [0.1, 0.15) is 5.58 Å². The number of methoxy groups -OCH3 is 1. The average Bonchev–Trinajstić information content (AvgIpc) is 2.74. The Morgan fingerprint density at radius 3 is 2.65 bits per heavy atom. The lowest BCUT2D eigenvalue weighted by molar-refractivity contribution is 0.0566. The molecule has 2 aromatic rings. The minimum absolute atomic E-state index is 0.332. The lowest BCUT2D eigenvalue weighted by atomic mass is 10.0. The number of aryl methyl sites for hydroxylation is 2. The third kappa shape index (κ3) is 1.93. The van der Waals surface area contributed by atoms with Gasteiger partial charge in [-0.05, 0) is 30.5 Å². The average molecular weight is 232 g/mol. The summed E-state index contributed by atoms with van der Waals surface area (Å²) in [6.45, 7) is 4.11. The normalized spacial score (nSPS) is 10.8. The van der Waals surface area contributed by atoms with Gasteiger partial charge >= 0.3 is 5.97 Å². The molecule has 3 nitrogen and oxygen atoms in total. The number of benzene rings is 1. The fraction of sp³-hybridized carbons (Fsp3) is 0.357. The molecule has 0 N–H and O–H groups in total. The quantitative estimate of drug-likeness (QED) is 0.762. The zero-order valence-electron chi connectivity index (χ0n) is 10.4. The summed E-state index contributed by atoms with van der Waals surface area (Å²) >= 11 is 0. The number of rotatable bonds is 3. The molecule has 0 radical (unpaired) electrons. The van der Waals surface area contributed by atoms with Crippen molar-refractivity contribution in [2.45, 2.75) is 26.7 Å². The Hall–Kier alpha value is -1.77. The van der Waals surface area contributed by atoms with Crippen LogP contribution < -0.4 is 0 Å². The monoisotopic (exact) mass is 232 g/mol. The van der Waals surface area contributed by atoms with Crippen molar-refractivity contribution in [1.82, 2.24) is 0 Å². The van der Waals surface area contributed by atoms with E-state index in [1.54, 1.807) is 0 Å². The molecule has 0 bridgehead atoms. The first-order valence-corrected chi connectivity index (χ1v) is 5.83. The molecular formula is C14H16O3. The minimum Gasteiger partial charge on any atom is -0.463 e. The second-order valence-corrected chi connectivity index (χ2v) is 3.94. The van der Waals surface area contributed by atoms with Crippen molar-refractivity contribution < 1.29 is 13.9 Å². The van der Waals surface area contributed by atoms with E-state index in [2.05, 4.69) is 13.0 Å². The largest absolute Gasteiger partial charge is 0.463 e. The molecule has 0 fully saturated rings. The molecule has 0 saturated carbocycles. The van der Waals surface area contributed by atoms with Gasteiger partial charge in [-0.1, -0.05) is 19.9 Å². The summed E-state index contributed by atoms with van der Waals surface area (Å²) < 4.78 is 10.3. The number of hydrogen-bond acceptors (Lipinski definition) is 3. The van der Waals surface area contributed by atoms with E-state index in [1.807, 2.05) is 19.1 Å². The summed E-state index contributed by atoms with van der Waals surface area (Å²) in [4.78, 5) is 11.6. The van der Waals surface area contributed by atoms with E-state index >= 15 is 0 Å². The molecule has 0 spiro atoms. The zero-order chi connectivity index (χ0) is 12.4. The van der Waals surface area contributed by atoms with Crippen molar-refractivity contribution in [1.29, 1.82) is 0 Å². The topological polar surface area (TPSA) is 39.4 Å². The second-order valence-electron chi connectivity index (χ2n) is 3.94. The highest BCUT2D eigenvalue weighted by Gasteiger charge is 2.19. The Balaban J connectivity index is 2.67. The Morgan fingerprint density at radius 2 is 2.06 bits per heavy atom. The van der Waals surface area contributed by atoms with Crippen molar-refractivity contribution in [3.63, 3.8) is 0 Å². The van der Waals surface area contributed by atoms with Gasteiger partial charge in [0.15, 0.2) is 0 Å². The lowest BCUT2D eigenvalue weighted by Crippen LogP contribution is -2.02. The maximum Gasteiger partial charge on any atom is 0.374 e. The molecule has 90 valence electrons. The van der Waals surface area contributed by atoms with Gasteiger partial charge in [-0.3, -0.25) is 0 Å². The molecule has 3 heteroatoms. The van der Waals surface area contributed by atoms with Crippen molar-refractivity contribution in [3.05, 3.63) is 35.1 Å². The van der Waals surface area contributed by atoms with E-state index in [0.717, 1.165) is 29.4 Å². The SMILES string of the molecule is CCc1ccc2oc(C(=O)OC)c(CC)c2c1. The fourth-order valence-corrected chi connectivity index (χ4v) is 2.02. The van der Waals surface area contributed by atoms with Crippen LogP contribution in [0, 0.1) is 0 Å². The molecule has 0 aliphatic heterocycles. The maximum absolute atomic E-state index is 11.6. The maximum atomic E-state index is 11.6. The minimum atomic E-state index is -0.406. The van der Waals surface area contributed by atoms with Crippen LogP contribution >= 0.6 is 0 Å². The predicted octanol–water partition coefficient (Wildman–Crippen LogP) is 3.34. The number of esters is 1. The lowest BCUT2D eigenvalue weighted by Gasteiger charge is -1.98. The summed E-state index contributed by atoms with van der Waals surface area (Å²) in [6, 6.07) is 6.02. The Labute approximate surface area is 100 Å². The molecule has 17 heavy (non-hydrogen) atoms. The Morgan fingerprint density at radius 1 is 1.29 bits per heavy atom. The molecule has 0 aliphatic rings. The number of carbonyl (C=O) groups is 1. The fourth-order valence-electron chi connectivity index (χ4n) is 2.02. The van der Waals surface area contributed by atoms with Crippen molar-refractivity contribution in [2.24, 2.45) is 0 Å². The van der Waals surface area contributed by atoms with Crippen molar-refractivity contribution in [3.8, 4) is 0 Å². The molecule has 1 heterocycles. The Bertz CT molecular complexity index is 552. The van der Waals surface area contributed by atoms with E-state index in [4.69, 9.17) is 9.15 Å². The van der Waals surface area contributed by atoms with E-state index in [0.29, 0.717) is 5.76 Å². The summed E-state index contributed by atoms with van der Waals surface area (Å²) in [6.07, 6.45) is 1.72. The van der Waals surface area contributed by atoms with E-state index in [1.165, 1.54) is 12.7 Å². The van der Waals surface area contributed by atoms with Crippen molar-refractivity contribution >= 4 is 16.9 Å². The van der Waals surface area contributed by atoms with Crippen LogP contribution in [-0.2, 0) is 17.6 Å². The van der Waals surface area contributed by atoms with Gasteiger partial charge in [0.05, 0.1) is 7.11 Å². The van der Waals surface area contributed by atoms with Gasteiger partial charge in [0.2, 0.25) is 5.76 Å². The molecule has 0 atom stereocenters. The highest BCUT2D eigenvalue weighted by Crippen LogP contribution is 2.28. The van der Waals surface area contributed by atoms with E-state index in [9.17, 15) is 4.79 Å². The smallest absolute Gasteiger partial charge is 0.374 e. The molecule has 1 aromatic carbocycles. The first kappa shape index (κ1) is 11.7. The third-order valence-electron chi connectivity index (χ3n) is 2.99. The molecule has 0 saturated heterocycles. The number of hydrogen-bond donors (Lipinski definition) is 0. The number of carbonyl (C=O) groups excluding carboxylic acids is 1. The van der Waals surface area contributed by atoms with E-state index in [-0.39, 0.29) is 0 Å². The van der Waals surface area contributed by atoms with Crippen LogP contribution in [0.5, 0.6) is 0 Å². The third-order valence-corrected chi connectivity index (χ3v) is 2.99. The Kier molecular flexibility index (Phi) is 3.18. The number of fused-ring (bicyclic) bond motifs is 1. The van der Waals surface area contributed by atoms with Gasteiger partial charge in [-0.2, -0.15) is 0 Å². The first-order chi connectivity index (χ1) is 8.21. The standard InChI is InChI=1S/C14H16O3/c1-4-9-6-7-12-11(8-9)10(5-2)13(17-12)14(15)16-3/h6-8H,4-5H2,1-3H3. The van der Waals surface area contributed by atoms with Gasteiger partial charge in [0, 0.05) is 10.9 Å². The van der Waals surface area contributed by atoms with Crippen LogP contribution in [-0.4, -0.2) is 13.1 Å². The highest BCUT2D eigenvalue weighted by atomic mass is 16.5. The van der Waals surface area contributed by atoms with Gasteiger partial charge in [-0.25, -0.2) is 4.79 Å². The molecule has 2 rings (SSSR count). The van der Waals surface area contributed by atoms with Crippen molar-refractivity contribution in [2.75, 3.05) is 7.11 Å². The molecular weight excluding hydrogens is 216 g/mol. The van der Waals surface area contributed by atoms with E-state index < -0.39 is 5.97 Å². The van der Waals surface area contributed by atoms with Crippen LogP contribution in [0.2, 0.25) is 0 Å². The number of furan rings is 1. The molecule has 0 unspecified atom stereocenters. The van der Waals surface area contributed by atoms with Gasteiger partial charge < -0.3 is 9.15 Å². The first-order valence-electron chi connectivity index (χ1n) is 5.83. The zero-order valence-corrected chi connectivity index (χ0v) is 10.4. The second kappa shape index (κ2) is 4.62. The number of ether oxygens (including phenoxy) is 1. The van der Waals surface area contributed by atoms with Crippen LogP contribution in [0.1, 0.15) is 35.5 Å². The van der Waals surface area contributed by atoms with Crippen LogP contribution in [0.3, 0.4) is 0 Å². The summed E-state index contributed by atoms with van der Waals surface area (Å²) in [5.41, 5.74) is 2.92. The van der Waals surface area contributed by atoms with Crippen LogP contribution in [0.25, 0.3) is 11.0 Å². The molecule has 0 aliphatic carbocycles. The molecule has 1 aromatic heterocycles. The van der Waals surface area contributed by atoms with Crippen LogP contribution in [0.15, 0.2) is 22.6 Å². The van der Waals surface area contributed by atoms with Gasteiger partial charge in [0.25, 0.3) is 0 Å². The summed E-state index contributed by atoms with van der Waals surface area (Å²) in [5.74, 6) is -0.0747. The van der Waals surface area contributed by atoms with Crippen LogP contribution in [0.4, 0.5) is 0 Å². The highest BCUT2D eigenvalue weighted by molar-refractivity contribution is 5.96. The van der Waals surface area contributed by atoms with Gasteiger partial charge in [-0.15, -0.1) is 0 Å². The molecule has 0 amide bonds. The summed E-state index contributed by atoms with van der Waals surface area (Å²) in [5, 5.41) is 1.02. The summed E-state index contributed by atoms with van der Waals surface area (Å²) in [7, 11) is 1.37.